The summed E-state index contributed by atoms with van der Waals surface area (Å²) in [5.74, 6) is -0.158. The number of amides is 1. The molecule has 3 N–H and O–H groups in total. The minimum Gasteiger partial charge on any atom is -0.469 e. The summed E-state index contributed by atoms with van der Waals surface area (Å²) >= 11 is 0. The second-order valence-electron chi connectivity index (χ2n) is 6.87. The van der Waals surface area contributed by atoms with Gasteiger partial charge in [0.25, 0.3) is 5.91 Å². The average molecular weight is 349 g/mol. The Morgan fingerprint density at radius 3 is 2.56 bits per heavy atom. The molecule has 1 fully saturated rings. The summed E-state index contributed by atoms with van der Waals surface area (Å²) in [6.07, 6.45) is 0.979. The topological polar surface area (TPSA) is 64.3 Å². The molecule has 0 radical (unpaired) electrons. The van der Waals surface area contributed by atoms with Gasteiger partial charge in [-0.2, -0.15) is 0 Å². The van der Waals surface area contributed by atoms with Crippen molar-refractivity contribution in [1.82, 2.24) is 5.32 Å². The van der Waals surface area contributed by atoms with Crippen molar-refractivity contribution in [3.63, 3.8) is 0 Å². The Bertz CT molecular complexity index is 569. The maximum Gasteiger partial charge on any atom is 0.305 e. The molecule has 1 aromatic carbocycles. The summed E-state index contributed by atoms with van der Waals surface area (Å²) in [6.45, 7) is 8.49. The van der Waals surface area contributed by atoms with Crippen molar-refractivity contribution in [2.24, 2.45) is 0 Å². The number of carbonyl (C=O) groups excluding carboxylic acids is 2. The molecule has 0 atom stereocenters. The van der Waals surface area contributed by atoms with Crippen LogP contribution in [0.4, 0.5) is 0 Å². The summed E-state index contributed by atoms with van der Waals surface area (Å²) < 4.78 is 4.58. The van der Waals surface area contributed by atoms with E-state index in [-0.39, 0.29) is 11.9 Å². The molecule has 0 spiro atoms. The molecule has 6 heteroatoms. The van der Waals surface area contributed by atoms with Gasteiger partial charge in [0.15, 0.2) is 6.54 Å². The van der Waals surface area contributed by atoms with E-state index in [2.05, 4.69) is 41.2 Å². The smallest absolute Gasteiger partial charge is 0.305 e. The van der Waals surface area contributed by atoms with Crippen LogP contribution in [0.25, 0.3) is 0 Å². The molecule has 138 valence electrons. The quantitative estimate of drug-likeness (QED) is 0.389. The highest BCUT2D eigenvalue weighted by Gasteiger charge is 2.24. The van der Waals surface area contributed by atoms with Crippen molar-refractivity contribution in [2.45, 2.75) is 26.3 Å². The van der Waals surface area contributed by atoms with E-state index in [4.69, 9.17) is 0 Å². The van der Waals surface area contributed by atoms with Crippen LogP contribution < -0.4 is 15.1 Å². The van der Waals surface area contributed by atoms with Crippen molar-refractivity contribution in [3.05, 3.63) is 35.4 Å². The lowest BCUT2D eigenvalue weighted by atomic mass is 10.1. The summed E-state index contributed by atoms with van der Waals surface area (Å²) in [4.78, 5) is 25.9. The zero-order valence-electron chi connectivity index (χ0n) is 15.4. The molecule has 25 heavy (non-hydrogen) atoms. The van der Waals surface area contributed by atoms with Crippen molar-refractivity contribution in [1.29, 1.82) is 0 Å². The van der Waals surface area contributed by atoms with Crippen LogP contribution in [0.3, 0.4) is 0 Å². The van der Waals surface area contributed by atoms with Crippen molar-refractivity contribution in [3.8, 4) is 0 Å². The van der Waals surface area contributed by atoms with Gasteiger partial charge in [-0.15, -0.1) is 0 Å². The third-order valence-corrected chi connectivity index (χ3v) is 4.72. The summed E-state index contributed by atoms with van der Waals surface area (Å²) in [5.41, 5.74) is 2.70. The molecule has 1 aliphatic rings. The second kappa shape index (κ2) is 10.2. The highest BCUT2D eigenvalue weighted by Crippen LogP contribution is 2.01. The van der Waals surface area contributed by atoms with E-state index in [0.29, 0.717) is 25.9 Å². The SMILES string of the molecule is COC(=O)CCCNC(=O)C[NH+]1CC[NH+](Cc2cccc(C)c2)CC1. The lowest BCUT2D eigenvalue weighted by Gasteiger charge is -2.29. The van der Waals surface area contributed by atoms with Crippen LogP contribution in [0.5, 0.6) is 0 Å². The number of nitrogens with one attached hydrogen (secondary N) is 3. The maximum atomic E-state index is 12.0. The minimum atomic E-state index is -0.229. The van der Waals surface area contributed by atoms with Crippen LogP contribution in [0.1, 0.15) is 24.0 Å². The largest absolute Gasteiger partial charge is 0.469 e. The number of benzene rings is 1. The molecule has 0 aliphatic carbocycles. The molecule has 0 aromatic heterocycles. The van der Waals surface area contributed by atoms with Crippen LogP contribution in [0.2, 0.25) is 0 Å². The first-order chi connectivity index (χ1) is 12.1. The molecule has 6 nitrogen and oxygen atoms in total. The highest BCUT2D eigenvalue weighted by atomic mass is 16.5. The highest BCUT2D eigenvalue weighted by molar-refractivity contribution is 5.76. The van der Waals surface area contributed by atoms with Gasteiger partial charge < -0.3 is 19.9 Å². The minimum absolute atomic E-state index is 0.0713. The standard InChI is InChI=1S/C19H29N3O3/c1-16-5-3-6-17(13-16)14-21-9-11-22(12-10-21)15-18(23)20-8-4-7-19(24)25-2/h3,5-6,13H,4,7-12,14-15H2,1-2H3,(H,20,23)/p+2. The molecule has 0 unspecified atom stereocenters. The van der Waals surface area contributed by atoms with E-state index >= 15 is 0 Å². The van der Waals surface area contributed by atoms with Gasteiger partial charge in [-0.25, -0.2) is 0 Å². The van der Waals surface area contributed by atoms with Gasteiger partial charge >= 0.3 is 5.97 Å². The number of rotatable bonds is 8. The fourth-order valence-electron chi connectivity index (χ4n) is 3.27. The molecule has 1 amide bonds. The number of hydrogen-bond acceptors (Lipinski definition) is 3. The van der Waals surface area contributed by atoms with Gasteiger partial charge in [-0.1, -0.05) is 29.8 Å². The van der Waals surface area contributed by atoms with Gasteiger partial charge in [0.1, 0.15) is 32.7 Å². The van der Waals surface area contributed by atoms with E-state index in [1.54, 1.807) is 4.90 Å². The van der Waals surface area contributed by atoms with Crippen molar-refractivity contribution < 1.29 is 24.1 Å². The Hall–Kier alpha value is -1.92. The molecule has 1 heterocycles. The number of carbonyl (C=O) groups is 2. The molecule has 1 saturated heterocycles. The molecule has 0 saturated carbocycles. The third kappa shape index (κ3) is 7.23. The zero-order valence-corrected chi connectivity index (χ0v) is 15.4. The third-order valence-electron chi connectivity index (χ3n) is 4.72. The number of ether oxygens (including phenoxy) is 1. The van der Waals surface area contributed by atoms with E-state index in [1.165, 1.54) is 23.1 Å². The predicted molar refractivity (Wildman–Crippen MR) is 95.4 cm³/mol. The fourth-order valence-corrected chi connectivity index (χ4v) is 3.27. The Kier molecular flexibility index (Phi) is 7.88. The molecule has 1 aromatic rings. The Labute approximate surface area is 150 Å². The normalized spacial score (nSPS) is 20.1. The maximum absolute atomic E-state index is 12.0. The molecular weight excluding hydrogens is 318 g/mol. The number of aryl methyl sites for hydroxylation is 1. The van der Waals surface area contributed by atoms with Crippen LogP contribution in [0, 0.1) is 6.92 Å². The van der Waals surface area contributed by atoms with Gasteiger partial charge in [0.2, 0.25) is 0 Å². The number of esters is 1. The van der Waals surface area contributed by atoms with Gasteiger partial charge in [0.05, 0.1) is 7.11 Å². The first kappa shape index (κ1) is 19.4. The molecule has 0 bridgehead atoms. The molecular formula is C19H31N3O3+2. The number of quaternary nitrogens is 2. The van der Waals surface area contributed by atoms with Gasteiger partial charge in [-0.05, 0) is 13.3 Å². The fraction of sp³-hybridized carbons (Fsp3) is 0.579. The lowest BCUT2D eigenvalue weighted by molar-refractivity contribution is -1.02. The summed E-state index contributed by atoms with van der Waals surface area (Å²) in [6, 6.07) is 8.70. The van der Waals surface area contributed by atoms with E-state index in [1.807, 2.05) is 0 Å². The predicted octanol–water partition coefficient (Wildman–Crippen LogP) is -1.65. The monoisotopic (exact) mass is 349 g/mol. The Morgan fingerprint density at radius 1 is 1.16 bits per heavy atom. The van der Waals surface area contributed by atoms with Crippen LogP contribution in [0.15, 0.2) is 24.3 Å². The molecule has 2 rings (SSSR count). The van der Waals surface area contributed by atoms with E-state index in [0.717, 1.165) is 32.7 Å². The Morgan fingerprint density at radius 2 is 1.88 bits per heavy atom. The first-order valence-electron chi connectivity index (χ1n) is 9.13. The van der Waals surface area contributed by atoms with Gasteiger partial charge in [0, 0.05) is 18.5 Å². The summed E-state index contributed by atoms with van der Waals surface area (Å²) in [5, 5.41) is 2.89. The second-order valence-corrected chi connectivity index (χ2v) is 6.87. The van der Waals surface area contributed by atoms with Crippen molar-refractivity contribution >= 4 is 11.9 Å². The average Bonchev–Trinajstić information content (AvgIpc) is 2.60. The number of piperazine rings is 1. The van der Waals surface area contributed by atoms with Gasteiger partial charge in [-0.3, -0.25) is 9.59 Å². The van der Waals surface area contributed by atoms with Crippen LogP contribution in [-0.4, -0.2) is 58.3 Å². The Balaban J connectivity index is 1.61. The van der Waals surface area contributed by atoms with E-state index in [9.17, 15) is 9.59 Å². The zero-order chi connectivity index (χ0) is 18.1. The van der Waals surface area contributed by atoms with Crippen LogP contribution in [-0.2, 0) is 20.9 Å². The number of hydrogen-bond donors (Lipinski definition) is 3. The summed E-state index contributed by atoms with van der Waals surface area (Å²) in [7, 11) is 1.38. The number of methoxy groups -OCH3 is 1. The van der Waals surface area contributed by atoms with Crippen molar-refractivity contribution in [2.75, 3.05) is 46.4 Å². The first-order valence-corrected chi connectivity index (χ1v) is 9.13. The molecule has 1 aliphatic heterocycles. The van der Waals surface area contributed by atoms with E-state index < -0.39 is 0 Å². The lowest BCUT2D eigenvalue weighted by Crippen LogP contribution is -3.28. The van der Waals surface area contributed by atoms with Crippen LogP contribution >= 0.6 is 0 Å².